The van der Waals surface area contributed by atoms with Gasteiger partial charge < -0.3 is 5.73 Å². The second-order valence-electron chi connectivity index (χ2n) is 1.48. The Morgan fingerprint density at radius 1 is 1.50 bits per heavy atom. The van der Waals surface area contributed by atoms with E-state index in [0.29, 0.717) is 14.1 Å². The molecule has 1 aromatic heterocycles. The Hall–Kier alpha value is 0.380. The van der Waals surface area contributed by atoms with Gasteiger partial charge in [-0.1, -0.05) is 11.6 Å². The molecule has 0 aliphatic rings. The molecule has 0 saturated heterocycles. The number of nitrogens with two attached hydrogens (primary N) is 1. The molecular formula is C4H2BrClIN3. The lowest BCUT2D eigenvalue weighted by molar-refractivity contribution is 1.14. The molecule has 1 rings (SSSR count). The van der Waals surface area contributed by atoms with Crippen LogP contribution in [0.25, 0.3) is 0 Å². The predicted octanol–water partition coefficient (Wildman–Crippen LogP) is 2.08. The van der Waals surface area contributed by atoms with Crippen LogP contribution in [0.5, 0.6) is 0 Å². The summed E-state index contributed by atoms with van der Waals surface area (Å²) in [7, 11) is 0. The Morgan fingerprint density at radius 3 is 2.60 bits per heavy atom. The van der Waals surface area contributed by atoms with Crippen LogP contribution in [-0.2, 0) is 0 Å². The second kappa shape index (κ2) is 3.19. The van der Waals surface area contributed by atoms with Gasteiger partial charge in [-0.05, 0) is 38.5 Å². The average Bonchev–Trinajstić information content (AvgIpc) is 1.84. The summed E-state index contributed by atoms with van der Waals surface area (Å²) in [6, 6.07) is 0. The fourth-order valence-corrected chi connectivity index (χ4v) is 1.48. The van der Waals surface area contributed by atoms with Gasteiger partial charge in [-0.15, -0.1) is 0 Å². The molecule has 0 aromatic carbocycles. The summed E-state index contributed by atoms with van der Waals surface area (Å²) in [6.07, 6.45) is 0. The highest BCUT2D eigenvalue weighted by molar-refractivity contribution is 14.1. The van der Waals surface area contributed by atoms with Crippen LogP contribution in [0.1, 0.15) is 0 Å². The normalized spacial score (nSPS) is 9.90. The van der Waals surface area contributed by atoms with Gasteiger partial charge in [-0.3, -0.25) is 0 Å². The van der Waals surface area contributed by atoms with E-state index < -0.39 is 0 Å². The molecular weight excluding hydrogens is 332 g/mol. The average molecular weight is 334 g/mol. The van der Waals surface area contributed by atoms with Crippen molar-refractivity contribution in [2.75, 3.05) is 5.73 Å². The first-order valence-electron chi connectivity index (χ1n) is 2.25. The molecule has 0 unspecified atom stereocenters. The minimum absolute atomic E-state index is 0.290. The monoisotopic (exact) mass is 333 g/mol. The van der Waals surface area contributed by atoms with Crippen molar-refractivity contribution < 1.29 is 0 Å². The van der Waals surface area contributed by atoms with Crippen molar-refractivity contribution in [2.45, 2.75) is 0 Å². The van der Waals surface area contributed by atoms with Gasteiger partial charge in [0.05, 0.1) is 0 Å². The minimum Gasteiger partial charge on any atom is -0.381 e. The minimum atomic E-state index is 0.290. The van der Waals surface area contributed by atoms with Gasteiger partial charge in [-0.2, -0.15) is 0 Å². The topological polar surface area (TPSA) is 51.8 Å². The quantitative estimate of drug-likeness (QED) is 0.739. The summed E-state index contributed by atoms with van der Waals surface area (Å²) in [5, 5.41) is 0.290. The van der Waals surface area contributed by atoms with E-state index in [9.17, 15) is 0 Å². The van der Waals surface area contributed by atoms with Gasteiger partial charge in [-0.25, -0.2) is 9.97 Å². The number of anilines is 1. The van der Waals surface area contributed by atoms with Gasteiger partial charge in [0.1, 0.15) is 8.30 Å². The van der Waals surface area contributed by atoms with Crippen LogP contribution >= 0.6 is 50.1 Å². The van der Waals surface area contributed by atoms with E-state index in [1.54, 1.807) is 0 Å². The molecule has 3 nitrogen and oxygen atoms in total. The fourth-order valence-electron chi connectivity index (χ4n) is 0.388. The lowest BCUT2D eigenvalue weighted by atomic mass is 10.7. The Labute approximate surface area is 84.6 Å². The standard InChI is InChI=1S/C4H2BrClIN3/c5-1-2(6)10-4(8)3(7)9-1/h(H2,8,10). The molecule has 0 spiro atoms. The number of hydrogen-bond acceptors (Lipinski definition) is 3. The molecule has 54 valence electrons. The maximum Gasteiger partial charge on any atom is 0.164 e. The summed E-state index contributed by atoms with van der Waals surface area (Å²) in [5.41, 5.74) is 5.40. The predicted molar refractivity (Wildman–Crippen MR) is 51.9 cm³/mol. The van der Waals surface area contributed by atoms with Gasteiger partial charge in [0.2, 0.25) is 0 Å². The molecule has 6 heteroatoms. The van der Waals surface area contributed by atoms with E-state index in [2.05, 4.69) is 25.9 Å². The number of nitrogen functional groups attached to an aromatic ring is 1. The van der Waals surface area contributed by atoms with E-state index in [1.165, 1.54) is 0 Å². The number of hydrogen-bond donors (Lipinski definition) is 1. The van der Waals surface area contributed by atoms with Crippen LogP contribution in [0.4, 0.5) is 5.82 Å². The molecule has 0 radical (unpaired) electrons. The largest absolute Gasteiger partial charge is 0.381 e. The van der Waals surface area contributed by atoms with Gasteiger partial charge >= 0.3 is 0 Å². The molecule has 0 aliphatic carbocycles. The van der Waals surface area contributed by atoms with Crippen LogP contribution < -0.4 is 5.73 Å². The Balaban J connectivity index is 3.28. The molecule has 1 aromatic rings. The first-order valence-corrected chi connectivity index (χ1v) is 4.50. The van der Waals surface area contributed by atoms with Crippen molar-refractivity contribution in [3.05, 3.63) is 13.5 Å². The van der Waals surface area contributed by atoms with Crippen molar-refractivity contribution >= 4 is 55.9 Å². The molecule has 10 heavy (non-hydrogen) atoms. The zero-order valence-electron chi connectivity index (χ0n) is 4.61. The zero-order chi connectivity index (χ0) is 7.72. The summed E-state index contributed by atoms with van der Waals surface area (Å²) >= 11 is 10.7. The maximum absolute atomic E-state index is 5.58. The van der Waals surface area contributed by atoms with Crippen molar-refractivity contribution in [2.24, 2.45) is 0 Å². The lowest BCUT2D eigenvalue weighted by Gasteiger charge is -1.97. The summed E-state index contributed by atoms with van der Waals surface area (Å²) in [6.45, 7) is 0. The van der Waals surface area contributed by atoms with Crippen molar-refractivity contribution in [1.29, 1.82) is 0 Å². The first-order chi connectivity index (χ1) is 4.61. The molecule has 0 aliphatic heterocycles. The number of nitrogens with zero attached hydrogens (tertiary/aromatic N) is 2. The first kappa shape index (κ1) is 8.48. The van der Waals surface area contributed by atoms with E-state index in [4.69, 9.17) is 17.3 Å². The third-order valence-corrected chi connectivity index (χ3v) is 2.64. The summed E-state index contributed by atoms with van der Waals surface area (Å²) in [4.78, 5) is 7.76. The highest BCUT2D eigenvalue weighted by Gasteiger charge is 2.04. The highest BCUT2D eigenvalue weighted by Crippen LogP contribution is 2.21. The maximum atomic E-state index is 5.58. The van der Waals surface area contributed by atoms with Crippen LogP contribution in [0.3, 0.4) is 0 Å². The molecule has 0 bridgehead atoms. The van der Waals surface area contributed by atoms with Crippen LogP contribution in [0.15, 0.2) is 4.60 Å². The van der Waals surface area contributed by atoms with E-state index in [0.717, 1.165) is 0 Å². The smallest absolute Gasteiger partial charge is 0.164 e. The van der Waals surface area contributed by atoms with Crippen LogP contribution in [-0.4, -0.2) is 9.97 Å². The van der Waals surface area contributed by atoms with Gasteiger partial charge in [0.25, 0.3) is 0 Å². The molecule has 0 atom stereocenters. The van der Waals surface area contributed by atoms with Gasteiger partial charge in [0.15, 0.2) is 11.0 Å². The molecule has 0 saturated carbocycles. The summed E-state index contributed by atoms with van der Waals surface area (Å²) < 4.78 is 1.17. The Morgan fingerprint density at radius 2 is 2.10 bits per heavy atom. The summed E-state index contributed by atoms with van der Waals surface area (Å²) in [5.74, 6) is 0.355. The number of aromatic nitrogens is 2. The SMILES string of the molecule is Nc1nc(Cl)c(Br)nc1I. The lowest BCUT2D eigenvalue weighted by Crippen LogP contribution is -1.97. The van der Waals surface area contributed by atoms with E-state index in [1.807, 2.05) is 22.6 Å². The van der Waals surface area contributed by atoms with Crippen LogP contribution in [0.2, 0.25) is 5.15 Å². The Kier molecular flexibility index (Phi) is 2.70. The van der Waals surface area contributed by atoms with Gasteiger partial charge in [0, 0.05) is 0 Å². The molecule has 0 amide bonds. The van der Waals surface area contributed by atoms with E-state index in [-0.39, 0.29) is 5.15 Å². The third-order valence-electron chi connectivity index (χ3n) is 0.797. The molecule has 0 fully saturated rings. The van der Waals surface area contributed by atoms with Crippen LogP contribution in [0, 0.1) is 3.70 Å². The van der Waals surface area contributed by atoms with E-state index >= 15 is 0 Å². The third kappa shape index (κ3) is 1.70. The fraction of sp³-hybridized carbons (Fsp3) is 0. The van der Waals surface area contributed by atoms with Crippen molar-refractivity contribution in [3.8, 4) is 0 Å². The Bertz CT molecular complexity index is 217. The number of rotatable bonds is 0. The zero-order valence-corrected chi connectivity index (χ0v) is 9.11. The highest BCUT2D eigenvalue weighted by atomic mass is 127. The molecule has 2 N–H and O–H groups in total. The van der Waals surface area contributed by atoms with Crippen molar-refractivity contribution in [1.82, 2.24) is 9.97 Å². The number of halogens is 3. The second-order valence-corrected chi connectivity index (χ2v) is 3.61. The van der Waals surface area contributed by atoms with Crippen molar-refractivity contribution in [3.63, 3.8) is 0 Å². The molecule has 1 heterocycles.